The molecule has 90 valence electrons. The highest BCUT2D eigenvalue weighted by molar-refractivity contribution is 5.94. The summed E-state index contributed by atoms with van der Waals surface area (Å²) in [6.07, 6.45) is 3.49. The Morgan fingerprint density at radius 1 is 1.11 bits per heavy atom. The molecular formula is C14H12N2O2. The van der Waals surface area contributed by atoms with E-state index >= 15 is 0 Å². The maximum atomic E-state index is 11.5. The van der Waals surface area contributed by atoms with Crippen LogP contribution in [0.2, 0.25) is 0 Å². The summed E-state index contributed by atoms with van der Waals surface area (Å²) in [6, 6.07) is 3.70. The fraction of sp³-hybridized carbons (Fsp3) is 0.214. The molecule has 0 N–H and O–H groups in total. The summed E-state index contributed by atoms with van der Waals surface area (Å²) < 4.78 is 5.04. The number of esters is 1. The summed E-state index contributed by atoms with van der Waals surface area (Å²) in [4.78, 5) is 20.1. The molecular weight excluding hydrogens is 228 g/mol. The molecule has 2 heterocycles. The van der Waals surface area contributed by atoms with Crippen LogP contribution in [0.4, 0.5) is 0 Å². The Bertz CT molecular complexity index is 633. The van der Waals surface area contributed by atoms with Crippen molar-refractivity contribution in [3.8, 4) is 11.3 Å². The Labute approximate surface area is 105 Å². The number of carbonyl (C=O) groups excluding carboxylic acids is 1. The van der Waals surface area contributed by atoms with Gasteiger partial charge in [0.05, 0.1) is 23.1 Å². The summed E-state index contributed by atoms with van der Waals surface area (Å²) in [7, 11) is 0. The molecule has 0 unspecified atom stereocenters. The molecule has 3 rings (SSSR count). The van der Waals surface area contributed by atoms with Gasteiger partial charge in [-0.05, 0) is 25.5 Å². The number of fused-ring (bicyclic) bond motifs is 1. The molecule has 0 saturated carbocycles. The summed E-state index contributed by atoms with van der Waals surface area (Å²) in [6.45, 7) is 4.24. The molecule has 0 fully saturated rings. The number of cyclic esters (lactones) is 1. The standard InChI is InChI=1S/C14H12N2O2/c1-8-5-16-13(6-15-8)10-3-4-11-12(9(10)2)7-18-14(11)17/h3-6H,7H2,1-2H3. The highest BCUT2D eigenvalue weighted by atomic mass is 16.5. The van der Waals surface area contributed by atoms with Crippen LogP contribution in [0.3, 0.4) is 0 Å². The third-order valence-corrected chi connectivity index (χ3v) is 3.22. The van der Waals surface area contributed by atoms with E-state index in [9.17, 15) is 4.79 Å². The topological polar surface area (TPSA) is 52.1 Å². The lowest BCUT2D eigenvalue weighted by atomic mass is 9.97. The minimum absolute atomic E-state index is 0.241. The van der Waals surface area contributed by atoms with Crippen LogP contribution in [-0.4, -0.2) is 15.9 Å². The lowest BCUT2D eigenvalue weighted by Gasteiger charge is -2.08. The molecule has 2 aromatic rings. The van der Waals surface area contributed by atoms with E-state index in [0.29, 0.717) is 12.2 Å². The van der Waals surface area contributed by atoms with Crippen molar-refractivity contribution in [3.63, 3.8) is 0 Å². The van der Waals surface area contributed by atoms with Crippen molar-refractivity contribution >= 4 is 5.97 Å². The van der Waals surface area contributed by atoms with Gasteiger partial charge in [0.25, 0.3) is 0 Å². The quantitative estimate of drug-likeness (QED) is 0.718. The SMILES string of the molecule is Cc1cnc(-c2ccc3c(c2C)COC3=O)cn1. The van der Waals surface area contributed by atoms with Crippen LogP contribution in [0.5, 0.6) is 0 Å². The zero-order valence-corrected chi connectivity index (χ0v) is 10.2. The number of carbonyl (C=O) groups is 1. The molecule has 1 aromatic heterocycles. The summed E-state index contributed by atoms with van der Waals surface area (Å²) >= 11 is 0. The average Bonchev–Trinajstić information content (AvgIpc) is 2.74. The maximum Gasteiger partial charge on any atom is 0.338 e. The number of benzene rings is 1. The van der Waals surface area contributed by atoms with E-state index in [4.69, 9.17) is 4.74 Å². The number of nitrogens with zero attached hydrogens (tertiary/aromatic N) is 2. The number of hydrogen-bond donors (Lipinski definition) is 0. The first-order valence-electron chi connectivity index (χ1n) is 5.75. The zero-order chi connectivity index (χ0) is 12.7. The smallest absolute Gasteiger partial charge is 0.338 e. The summed E-state index contributed by atoms with van der Waals surface area (Å²) in [5.41, 5.74) is 5.36. The van der Waals surface area contributed by atoms with Crippen LogP contribution >= 0.6 is 0 Å². The second-order valence-electron chi connectivity index (χ2n) is 4.38. The lowest BCUT2D eigenvalue weighted by molar-refractivity contribution is 0.0535. The van der Waals surface area contributed by atoms with Crippen molar-refractivity contribution in [1.29, 1.82) is 0 Å². The Morgan fingerprint density at radius 3 is 2.61 bits per heavy atom. The van der Waals surface area contributed by atoms with Gasteiger partial charge in [-0.3, -0.25) is 9.97 Å². The van der Waals surface area contributed by atoms with Gasteiger partial charge in [-0.2, -0.15) is 0 Å². The lowest BCUT2D eigenvalue weighted by Crippen LogP contribution is -1.97. The average molecular weight is 240 g/mol. The van der Waals surface area contributed by atoms with Gasteiger partial charge in [-0.15, -0.1) is 0 Å². The Hall–Kier alpha value is -2.23. The fourth-order valence-electron chi connectivity index (χ4n) is 2.16. The van der Waals surface area contributed by atoms with E-state index in [1.807, 2.05) is 19.9 Å². The van der Waals surface area contributed by atoms with Crippen LogP contribution in [0, 0.1) is 13.8 Å². The van der Waals surface area contributed by atoms with E-state index in [0.717, 1.165) is 28.1 Å². The zero-order valence-electron chi connectivity index (χ0n) is 10.2. The molecule has 0 saturated heterocycles. The molecule has 4 nitrogen and oxygen atoms in total. The van der Waals surface area contributed by atoms with Crippen molar-refractivity contribution < 1.29 is 9.53 Å². The Kier molecular flexibility index (Phi) is 2.37. The van der Waals surface area contributed by atoms with Crippen molar-refractivity contribution in [3.05, 3.63) is 46.9 Å². The first-order valence-corrected chi connectivity index (χ1v) is 5.75. The molecule has 18 heavy (non-hydrogen) atoms. The Morgan fingerprint density at radius 2 is 1.89 bits per heavy atom. The first-order chi connectivity index (χ1) is 8.66. The van der Waals surface area contributed by atoms with Crippen LogP contribution in [0.15, 0.2) is 24.5 Å². The van der Waals surface area contributed by atoms with Crippen molar-refractivity contribution in [2.45, 2.75) is 20.5 Å². The van der Waals surface area contributed by atoms with Gasteiger partial charge in [0, 0.05) is 17.3 Å². The van der Waals surface area contributed by atoms with Crippen molar-refractivity contribution in [1.82, 2.24) is 9.97 Å². The van der Waals surface area contributed by atoms with Gasteiger partial charge < -0.3 is 4.74 Å². The van der Waals surface area contributed by atoms with E-state index < -0.39 is 0 Å². The van der Waals surface area contributed by atoms with Crippen LogP contribution in [0.25, 0.3) is 11.3 Å². The minimum Gasteiger partial charge on any atom is -0.457 e. The molecule has 0 bridgehead atoms. The monoisotopic (exact) mass is 240 g/mol. The normalized spacial score (nSPS) is 13.3. The number of rotatable bonds is 1. The van der Waals surface area contributed by atoms with Crippen LogP contribution in [0.1, 0.15) is 27.2 Å². The fourth-order valence-corrected chi connectivity index (χ4v) is 2.16. The van der Waals surface area contributed by atoms with E-state index in [1.165, 1.54) is 0 Å². The molecule has 0 aliphatic carbocycles. The van der Waals surface area contributed by atoms with E-state index in [1.54, 1.807) is 18.5 Å². The minimum atomic E-state index is -0.241. The van der Waals surface area contributed by atoms with Crippen molar-refractivity contribution in [2.24, 2.45) is 0 Å². The van der Waals surface area contributed by atoms with Gasteiger partial charge in [-0.25, -0.2) is 4.79 Å². The van der Waals surface area contributed by atoms with Gasteiger partial charge in [0.1, 0.15) is 6.61 Å². The second kappa shape index (κ2) is 3.91. The molecule has 0 radical (unpaired) electrons. The van der Waals surface area contributed by atoms with Gasteiger partial charge in [0.2, 0.25) is 0 Å². The number of aryl methyl sites for hydroxylation is 1. The highest BCUT2D eigenvalue weighted by Gasteiger charge is 2.24. The second-order valence-corrected chi connectivity index (χ2v) is 4.38. The molecule has 0 amide bonds. The predicted octanol–water partition coefficient (Wildman–Crippen LogP) is 2.43. The Balaban J connectivity index is 2.15. The predicted molar refractivity (Wildman–Crippen MR) is 66.1 cm³/mol. The van der Waals surface area contributed by atoms with Crippen LogP contribution in [-0.2, 0) is 11.3 Å². The molecule has 4 heteroatoms. The van der Waals surface area contributed by atoms with Crippen molar-refractivity contribution in [2.75, 3.05) is 0 Å². The van der Waals surface area contributed by atoms with Gasteiger partial charge in [0.15, 0.2) is 0 Å². The number of hydrogen-bond acceptors (Lipinski definition) is 4. The van der Waals surface area contributed by atoms with Gasteiger partial charge >= 0.3 is 5.97 Å². The number of ether oxygens (including phenoxy) is 1. The summed E-state index contributed by atoms with van der Waals surface area (Å²) in [5.74, 6) is -0.241. The largest absolute Gasteiger partial charge is 0.457 e. The van der Waals surface area contributed by atoms with Crippen LogP contribution < -0.4 is 0 Å². The van der Waals surface area contributed by atoms with E-state index in [2.05, 4.69) is 9.97 Å². The highest BCUT2D eigenvalue weighted by Crippen LogP contribution is 2.30. The molecule has 0 spiro atoms. The third kappa shape index (κ3) is 1.57. The first kappa shape index (κ1) is 10.9. The van der Waals surface area contributed by atoms with E-state index in [-0.39, 0.29) is 5.97 Å². The molecule has 1 aliphatic rings. The number of aromatic nitrogens is 2. The summed E-state index contributed by atoms with van der Waals surface area (Å²) in [5, 5.41) is 0. The molecule has 0 atom stereocenters. The maximum absolute atomic E-state index is 11.5. The van der Waals surface area contributed by atoms with Gasteiger partial charge in [-0.1, -0.05) is 6.07 Å². The molecule has 1 aliphatic heterocycles. The third-order valence-electron chi connectivity index (χ3n) is 3.22. The molecule has 1 aromatic carbocycles.